The molecule has 2 heterocycles. The topological polar surface area (TPSA) is 62.4 Å². The van der Waals surface area contributed by atoms with Crippen molar-refractivity contribution in [2.45, 2.75) is 26.3 Å². The van der Waals surface area contributed by atoms with Gasteiger partial charge in [0.2, 0.25) is 5.91 Å². The smallest absolute Gasteiger partial charge is 0.251 e. The summed E-state index contributed by atoms with van der Waals surface area (Å²) in [7, 11) is 1.63. The van der Waals surface area contributed by atoms with Gasteiger partial charge < -0.3 is 14.6 Å². The molecule has 1 aliphatic rings. The molecule has 1 N–H and O–H groups in total. The Morgan fingerprint density at radius 1 is 1.15 bits per heavy atom. The summed E-state index contributed by atoms with van der Waals surface area (Å²) in [6, 6.07) is 13.7. The van der Waals surface area contributed by atoms with E-state index >= 15 is 0 Å². The van der Waals surface area contributed by atoms with Crippen LogP contribution >= 0.6 is 0 Å². The van der Waals surface area contributed by atoms with Crippen LogP contribution in [0.5, 0.6) is 5.75 Å². The third-order valence-corrected chi connectivity index (χ3v) is 5.23. The third kappa shape index (κ3) is 3.45. The highest BCUT2D eigenvalue weighted by Gasteiger charge is 2.21. The molecule has 5 nitrogen and oxygen atoms in total. The fourth-order valence-electron chi connectivity index (χ4n) is 3.62. The number of methoxy groups -OCH3 is 1. The van der Waals surface area contributed by atoms with Crippen LogP contribution in [0.2, 0.25) is 0 Å². The first-order valence-corrected chi connectivity index (χ1v) is 9.09. The molecule has 0 saturated heterocycles. The number of carbonyl (C=O) groups excluding carboxylic acids is 1. The van der Waals surface area contributed by atoms with Gasteiger partial charge in [0.1, 0.15) is 5.75 Å². The molecule has 0 saturated carbocycles. The van der Waals surface area contributed by atoms with Gasteiger partial charge in [-0.25, -0.2) is 0 Å². The molecule has 138 valence electrons. The minimum atomic E-state index is -0.0642. The fraction of sp³-hybridized carbons (Fsp3) is 0.273. The maximum atomic E-state index is 12.7. The number of hydrogen-bond acceptors (Lipinski definition) is 3. The summed E-state index contributed by atoms with van der Waals surface area (Å²) in [5, 5.41) is 1.05. The molecule has 4 rings (SSSR count). The number of nitrogens with one attached hydrogen (secondary N) is 1. The van der Waals surface area contributed by atoms with Crippen LogP contribution in [-0.2, 0) is 24.2 Å². The molecule has 1 amide bonds. The van der Waals surface area contributed by atoms with Crippen molar-refractivity contribution in [1.29, 1.82) is 0 Å². The number of carbonyl (C=O) groups is 1. The van der Waals surface area contributed by atoms with Crippen LogP contribution in [-0.4, -0.2) is 29.4 Å². The highest BCUT2D eigenvalue weighted by molar-refractivity contribution is 5.82. The van der Waals surface area contributed by atoms with E-state index in [2.05, 4.69) is 11.1 Å². The summed E-state index contributed by atoms with van der Waals surface area (Å²) in [5.41, 5.74) is 4.82. The van der Waals surface area contributed by atoms with Crippen molar-refractivity contribution in [2.24, 2.45) is 0 Å². The average Bonchev–Trinajstić information content (AvgIpc) is 2.67. The van der Waals surface area contributed by atoms with Crippen LogP contribution in [0.25, 0.3) is 10.9 Å². The van der Waals surface area contributed by atoms with E-state index in [0.29, 0.717) is 13.0 Å². The Kier molecular flexibility index (Phi) is 4.44. The van der Waals surface area contributed by atoms with Gasteiger partial charge in [-0.15, -0.1) is 0 Å². The minimum absolute atomic E-state index is 0.0642. The zero-order valence-corrected chi connectivity index (χ0v) is 15.5. The van der Waals surface area contributed by atoms with Gasteiger partial charge in [-0.1, -0.05) is 12.1 Å². The molecule has 0 bridgehead atoms. The summed E-state index contributed by atoms with van der Waals surface area (Å²) >= 11 is 0. The Morgan fingerprint density at radius 2 is 1.93 bits per heavy atom. The van der Waals surface area contributed by atoms with Crippen molar-refractivity contribution in [3.8, 4) is 5.75 Å². The van der Waals surface area contributed by atoms with Crippen molar-refractivity contribution in [2.75, 3.05) is 13.7 Å². The van der Waals surface area contributed by atoms with Crippen LogP contribution in [0, 0.1) is 6.92 Å². The Labute approximate surface area is 157 Å². The first-order valence-electron chi connectivity index (χ1n) is 9.09. The fourth-order valence-corrected chi connectivity index (χ4v) is 3.62. The second kappa shape index (κ2) is 6.91. The van der Waals surface area contributed by atoms with E-state index in [4.69, 9.17) is 4.74 Å². The monoisotopic (exact) mass is 362 g/mol. The molecule has 0 aliphatic carbocycles. The number of fused-ring (bicyclic) bond motifs is 2. The van der Waals surface area contributed by atoms with Gasteiger partial charge in [0.25, 0.3) is 5.56 Å². The molecule has 27 heavy (non-hydrogen) atoms. The summed E-state index contributed by atoms with van der Waals surface area (Å²) < 4.78 is 5.16. The second-order valence-electron chi connectivity index (χ2n) is 7.08. The highest BCUT2D eigenvalue weighted by atomic mass is 16.5. The number of hydrogen-bond donors (Lipinski definition) is 1. The standard InChI is InChI=1S/C22H22N2O3/c1-14-9-17-11-16-7-8-24(13-18(16)12-20(17)23-22(14)26)21(25)10-15-3-5-19(27-2)6-4-15/h3-6,9,11-12H,7-8,10,13H2,1-2H3,(H,23,26). The number of amides is 1. The van der Waals surface area contributed by atoms with Crippen LogP contribution in [0.15, 0.2) is 47.3 Å². The molecule has 1 aromatic heterocycles. The van der Waals surface area contributed by atoms with E-state index in [1.165, 1.54) is 5.56 Å². The van der Waals surface area contributed by atoms with E-state index in [-0.39, 0.29) is 11.5 Å². The predicted octanol–water partition coefficient (Wildman–Crippen LogP) is 2.97. The number of aryl methyl sites for hydroxylation is 1. The van der Waals surface area contributed by atoms with E-state index in [1.807, 2.05) is 48.2 Å². The van der Waals surface area contributed by atoms with E-state index < -0.39 is 0 Å². The van der Waals surface area contributed by atoms with Gasteiger partial charge in [-0.3, -0.25) is 9.59 Å². The summed E-state index contributed by atoms with van der Waals surface area (Å²) in [5.74, 6) is 0.900. The molecule has 0 unspecified atom stereocenters. The molecular weight excluding hydrogens is 340 g/mol. The van der Waals surface area contributed by atoms with Crippen molar-refractivity contribution < 1.29 is 9.53 Å². The molecule has 0 spiro atoms. The molecule has 5 heteroatoms. The van der Waals surface area contributed by atoms with Crippen LogP contribution in [0.4, 0.5) is 0 Å². The predicted molar refractivity (Wildman–Crippen MR) is 105 cm³/mol. The van der Waals surface area contributed by atoms with Gasteiger partial charge in [-0.2, -0.15) is 0 Å². The summed E-state index contributed by atoms with van der Waals surface area (Å²) in [6.45, 7) is 3.11. The Morgan fingerprint density at radius 3 is 2.67 bits per heavy atom. The SMILES string of the molecule is COc1ccc(CC(=O)N2CCc3cc4cc(C)c(=O)[nH]c4cc3C2)cc1. The molecule has 0 atom stereocenters. The lowest BCUT2D eigenvalue weighted by Crippen LogP contribution is -2.37. The number of aromatic nitrogens is 1. The van der Waals surface area contributed by atoms with Crippen LogP contribution in [0.3, 0.4) is 0 Å². The number of pyridine rings is 1. The lowest BCUT2D eigenvalue weighted by atomic mass is 9.96. The van der Waals surface area contributed by atoms with E-state index in [9.17, 15) is 9.59 Å². The zero-order chi connectivity index (χ0) is 19.0. The largest absolute Gasteiger partial charge is 0.497 e. The molecule has 3 aromatic rings. The van der Waals surface area contributed by atoms with Gasteiger partial charge in [0.05, 0.1) is 13.5 Å². The van der Waals surface area contributed by atoms with Crippen molar-refractivity contribution in [3.05, 3.63) is 75.1 Å². The number of H-pyrrole nitrogens is 1. The zero-order valence-electron chi connectivity index (χ0n) is 15.5. The van der Waals surface area contributed by atoms with Gasteiger partial charge in [0.15, 0.2) is 0 Å². The summed E-state index contributed by atoms with van der Waals surface area (Å²) in [4.78, 5) is 29.5. The Hall–Kier alpha value is -3.08. The maximum Gasteiger partial charge on any atom is 0.251 e. The van der Waals surface area contributed by atoms with Gasteiger partial charge >= 0.3 is 0 Å². The number of aromatic amines is 1. The van der Waals surface area contributed by atoms with E-state index in [0.717, 1.165) is 46.3 Å². The quantitative estimate of drug-likeness (QED) is 0.779. The van der Waals surface area contributed by atoms with Gasteiger partial charge in [0, 0.05) is 24.2 Å². The second-order valence-corrected chi connectivity index (χ2v) is 7.08. The number of benzene rings is 2. The molecule has 2 aromatic carbocycles. The first-order chi connectivity index (χ1) is 13.0. The molecule has 0 radical (unpaired) electrons. The lowest BCUT2D eigenvalue weighted by molar-refractivity contribution is -0.131. The first kappa shape index (κ1) is 17.3. The van der Waals surface area contributed by atoms with Gasteiger partial charge in [-0.05, 0) is 65.8 Å². The van der Waals surface area contributed by atoms with Crippen LogP contribution < -0.4 is 10.3 Å². The third-order valence-electron chi connectivity index (χ3n) is 5.23. The summed E-state index contributed by atoms with van der Waals surface area (Å²) in [6.07, 6.45) is 1.21. The Bertz CT molecular complexity index is 1070. The number of rotatable bonds is 3. The molecular formula is C22H22N2O3. The normalized spacial score (nSPS) is 13.5. The number of ether oxygens (including phenoxy) is 1. The average molecular weight is 362 g/mol. The van der Waals surface area contributed by atoms with Crippen molar-refractivity contribution in [3.63, 3.8) is 0 Å². The lowest BCUT2D eigenvalue weighted by Gasteiger charge is -2.29. The van der Waals surface area contributed by atoms with Crippen molar-refractivity contribution in [1.82, 2.24) is 9.88 Å². The maximum absolute atomic E-state index is 12.7. The van der Waals surface area contributed by atoms with Crippen LogP contribution in [0.1, 0.15) is 22.3 Å². The molecule has 0 fully saturated rings. The van der Waals surface area contributed by atoms with Crippen molar-refractivity contribution >= 4 is 16.8 Å². The minimum Gasteiger partial charge on any atom is -0.497 e. The molecule has 1 aliphatic heterocycles. The number of nitrogens with zero attached hydrogens (tertiary/aromatic N) is 1. The van der Waals surface area contributed by atoms with E-state index in [1.54, 1.807) is 7.11 Å². The highest BCUT2D eigenvalue weighted by Crippen LogP contribution is 2.25. The Balaban J connectivity index is 1.54.